The number of benzene rings is 1. The van der Waals surface area contributed by atoms with Crippen LogP contribution >= 0.6 is 11.6 Å². The molecule has 1 atom stereocenters. The maximum absolute atomic E-state index is 12.7. The molecule has 3 aromatic rings. The molecule has 3 heterocycles. The molecule has 1 unspecified atom stereocenters. The number of piperidine rings is 1. The first-order valence-electron chi connectivity index (χ1n) is 9.76. The lowest BCUT2D eigenvalue weighted by atomic mass is 10.0. The van der Waals surface area contributed by atoms with Gasteiger partial charge in [0.15, 0.2) is 0 Å². The molecule has 1 saturated heterocycles. The Morgan fingerprint density at radius 3 is 3.03 bits per heavy atom. The number of tetrazole rings is 1. The van der Waals surface area contributed by atoms with Gasteiger partial charge in [-0.25, -0.2) is 9.48 Å². The van der Waals surface area contributed by atoms with Gasteiger partial charge in [-0.05, 0) is 47.5 Å². The second kappa shape index (κ2) is 8.70. The molecule has 0 bridgehead atoms. The summed E-state index contributed by atoms with van der Waals surface area (Å²) in [7, 11) is 1.76. The number of halogens is 1. The fourth-order valence-electron chi connectivity index (χ4n) is 3.71. The van der Waals surface area contributed by atoms with E-state index in [2.05, 4.69) is 25.8 Å². The van der Waals surface area contributed by atoms with Crippen molar-refractivity contribution in [1.29, 1.82) is 0 Å². The summed E-state index contributed by atoms with van der Waals surface area (Å²) < 4.78 is 1.40. The molecule has 10 nitrogen and oxygen atoms in total. The summed E-state index contributed by atoms with van der Waals surface area (Å²) in [6.07, 6.45) is 3.10. The number of aromatic nitrogens is 5. The fourth-order valence-corrected chi connectivity index (χ4v) is 3.89. The van der Waals surface area contributed by atoms with E-state index in [0.29, 0.717) is 24.7 Å². The zero-order chi connectivity index (χ0) is 21.1. The first kappa shape index (κ1) is 20.1. The maximum atomic E-state index is 12.7. The second-order valence-electron chi connectivity index (χ2n) is 7.44. The number of aromatic amines is 1. The standard InChI is InChI=1S/C19H23ClN8O2/c1-26(16-3-2-6-27(10-16)18(29)11-28-12-22-24-25-28)19(30)21-9-15-8-13-7-14(20)4-5-17(13)23-15/h4-5,7-8,12,16,23H,2-3,6,9-11H2,1H3,(H,21,30). The van der Waals surface area contributed by atoms with E-state index in [1.54, 1.807) is 16.8 Å². The average molecular weight is 431 g/mol. The number of hydrogen-bond donors (Lipinski definition) is 2. The fraction of sp³-hybridized carbons (Fsp3) is 0.421. The Kier molecular flexibility index (Phi) is 5.84. The van der Waals surface area contributed by atoms with Crippen LogP contribution in [0.1, 0.15) is 18.5 Å². The minimum Gasteiger partial charge on any atom is -0.357 e. The molecule has 30 heavy (non-hydrogen) atoms. The van der Waals surface area contributed by atoms with Gasteiger partial charge in [0, 0.05) is 41.8 Å². The van der Waals surface area contributed by atoms with Crippen LogP contribution in [-0.4, -0.2) is 73.1 Å². The summed E-state index contributed by atoms with van der Waals surface area (Å²) in [6.45, 7) is 1.64. The topological polar surface area (TPSA) is 112 Å². The van der Waals surface area contributed by atoms with E-state index in [4.69, 9.17) is 11.6 Å². The van der Waals surface area contributed by atoms with E-state index in [9.17, 15) is 9.59 Å². The quantitative estimate of drug-likeness (QED) is 0.639. The molecule has 3 amide bonds. The van der Waals surface area contributed by atoms with Crippen molar-refractivity contribution in [2.75, 3.05) is 20.1 Å². The zero-order valence-electron chi connectivity index (χ0n) is 16.6. The van der Waals surface area contributed by atoms with E-state index >= 15 is 0 Å². The number of hydrogen-bond acceptors (Lipinski definition) is 5. The van der Waals surface area contributed by atoms with Crippen molar-refractivity contribution in [3.8, 4) is 0 Å². The number of carbonyl (C=O) groups is 2. The minimum atomic E-state index is -0.175. The number of rotatable bonds is 5. The summed E-state index contributed by atoms with van der Waals surface area (Å²) in [5, 5.41) is 15.4. The molecule has 0 radical (unpaired) electrons. The number of nitrogens with zero attached hydrogens (tertiary/aromatic N) is 6. The average Bonchev–Trinajstić information content (AvgIpc) is 3.40. The minimum absolute atomic E-state index is 0.0434. The first-order chi connectivity index (χ1) is 14.5. The summed E-state index contributed by atoms with van der Waals surface area (Å²) in [6, 6.07) is 7.38. The summed E-state index contributed by atoms with van der Waals surface area (Å²) in [5.74, 6) is -0.0578. The largest absolute Gasteiger partial charge is 0.357 e. The van der Waals surface area contributed by atoms with E-state index in [-0.39, 0.29) is 24.5 Å². The summed E-state index contributed by atoms with van der Waals surface area (Å²) in [5.41, 5.74) is 1.87. The third-order valence-corrected chi connectivity index (χ3v) is 5.61. The Morgan fingerprint density at radius 1 is 1.37 bits per heavy atom. The molecule has 2 N–H and O–H groups in total. The first-order valence-corrected chi connectivity index (χ1v) is 10.1. The maximum Gasteiger partial charge on any atom is 0.317 e. The van der Waals surface area contributed by atoms with E-state index < -0.39 is 0 Å². The molecular weight excluding hydrogens is 408 g/mol. The van der Waals surface area contributed by atoms with Crippen LogP contribution in [0.15, 0.2) is 30.6 Å². The zero-order valence-corrected chi connectivity index (χ0v) is 17.3. The number of fused-ring (bicyclic) bond motifs is 1. The van der Waals surface area contributed by atoms with Gasteiger partial charge in [0.2, 0.25) is 5.91 Å². The van der Waals surface area contributed by atoms with Crippen molar-refractivity contribution in [1.82, 2.24) is 40.3 Å². The number of carbonyl (C=O) groups excluding carboxylic acids is 2. The lowest BCUT2D eigenvalue weighted by molar-refractivity contribution is -0.133. The SMILES string of the molecule is CN(C(=O)NCc1cc2cc(Cl)ccc2[nH]1)C1CCCN(C(=O)Cn2cnnn2)C1. The molecule has 11 heteroatoms. The van der Waals surface area contributed by atoms with Crippen LogP contribution in [0.3, 0.4) is 0 Å². The molecule has 2 aromatic heterocycles. The molecule has 1 aromatic carbocycles. The number of likely N-dealkylation sites (N-methyl/N-ethyl adjacent to an activating group) is 1. The molecular formula is C19H23ClN8O2. The van der Waals surface area contributed by atoms with Crippen LogP contribution < -0.4 is 5.32 Å². The van der Waals surface area contributed by atoms with Gasteiger partial charge in [-0.1, -0.05) is 11.6 Å². The summed E-state index contributed by atoms with van der Waals surface area (Å²) >= 11 is 6.03. The molecule has 0 aliphatic carbocycles. The van der Waals surface area contributed by atoms with Gasteiger partial charge >= 0.3 is 6.03 Å². The molecule has 0 spiro atoms. The van der Waals surface area contributed by atoms with Crippen molar-refractivity contribution in [3.05, 3.63) is 41.3 Å². The Bertz CT molecular complexity index is 1030. The molecule has 1 fully saturated rings. The molecule has 4 rings (SSSR count). The predicted molar refractivity (Wildman–Crippen MR) is 111 cm³/mol. The Hall–Kier alpha value is -3.14. The highest BCUT2D eigenvalue weighted by molar-refractivity contribution is 6.31. The van der Waals surface area contributed by atoms with Crippen molar-refractivity contribution in [2.45, 2.75) is 32.0 Å². The van der Waals surface area contributed by atoms with Gasteiger partial charge in [-0.3, -0.25) is 4.79 Å². The van der Waals surface area contributed by atoms with Crippen LogP contribution in [0.25, 0.3) is 10.9 Å². The lowest BCUT2D eigenvalue weighted by Crippen LogP contribution is -2.53. The van der Waals surface area contributed by atoms with Crippen LogP contribution in [0.5, 0.6) is 0 Å². The van der Waals surface area contributed by atoms with Crippen molar-refractivity contribution >= 4 is 34.4 Å². The van der Waals surface area contributed by atoms with Gasteiger partial charge in [-0.15, -0.1) is 5.10 Å². The van der Waals surface area contributed by atoms with Crippen molar-refractivity contribution < 1.29 is 9.59 Å². The predicted octanol–water partition coefficient (Wildman–Crippen LogP) is 1.64. The van der Waals surface area contributed by atoms with Crippen LogP contribution in [0.2, 0.25) is 5.02 Å². The third kappa shape index (κ3) is 4.54. The lowest BCUT2D eigenvalue weighted by Gasteiger charge is -2.37. The van der Waals surface area contributed by atoms with Crippen molar-refractivity contribution in [3.63, 3.8) is 0 Å². The van der Waals surface area contributed by atoms with Gasteiger partial charge in [0.1, 0.15) is 12.9 Å². The Balaban J connectivity index is 1.31. The smallest absolute Gasteiger partial charge is 0.317 e. The number of H-pyrrole nitrogens is 1. The number of urea groups is 1. The van der Waals surface area contributed by atoms with E-state index in [0.717, 1.165) is 29.4 Å². The van der Waals surface area contributed by atoms with Crippen LogP contribution in [0, 0.1) is 0 Å². The number of amides is 3. The Morgan fingerprint density at radius 2 is 2.23 bits per heavy atom. The molecule has 0 saturated carbocycles. The van der Waals surface area contributed by atoms with Gasteiger partial charge < -0.3 is 20.1 Å². The van der Waals surface area contributed by atoms with Crippen molar-refractivity contribution in [2.24, 2.45) is 0 Å². The normalized spacial score (nSPS) is 16.6. The number of nitrogens with one attached hydrogen (secondary N) is 2. The third-order valence-electron chi connectivity index (χ3n) is 5.37. The van der Waals surface area contributed by atoms with Gasteiger partial charge in [0.05, 0.1) is 12.6 Å². The number of likely N-dealkylation sites (tertiary alicyclic amines) is 1. The summed E-state index contributed by atoms with van der Waals surface area (Å²) in [4.78, 5) is 31.9. The highest BCUT2D eigenvalue weighted by atomic mass is 35.5. The monoisotopic (exact) mass is 430 g/mol. The second-order valence-corrected chi connectivity index (χ2v) is 7.88. The van der Waals surface area contributed by atoms with Crippen LogP contribution in [0.4, 0.5) is 4.79 Å². The van der Waals surface area contributed by atoms with E-state index in [1.807, 2.05) is 24.3 Å². The molecule has 1 aliphatic rings. The Labute approximate surface area is 178 Å². The highest BCUT2D eigenvalue weighted by Gasteiger charge is 2.28. The molecule has 158 valence electrons. The van der Waals surface area contributed by atoms with Crippen LogP contribution in [-0.2, 0) is 17.9 Å². The molecule has 1 aliphatic heterocycles. The van der Waals surface area contributed by atoms with Gasteiger partial charge in [0.25, 0.3) is 0 Å². The highest BCUT2D eigenvalue weighted by Crippen LogP contribution is 2.20. The van der Waals surface area contributed by atoms with E-state index in [1.165, 1.54) is 11.0 Å². The van der Waals surface area contributed by atoms with Gasteiger partial charge in [-0.2, -0.15) is 0 Å².